The van der Waals surface area contributed by atoms with Crippen LogP contribution in [-0.2, 0) is 0 Å². The zero-order valence-corrected chi connectivity index (χ0v) is 7.37. The molecule has 0 saturated carbocycles. The van der Waals surface area contributed by atoms with E-state index in [-0.39, 0.29) is 0 Å². The Labute approximate surface area is 75.0 Å². The summed E-state index contributed by atoms with van der Waals surface area (Å²) in [6, 6.07) is 0. The SMILES string of the molecule is [C]1=C\C=C\C=C/CCCC/C=C/1. The molecule has 12 heavy (non-hydrogen) atoms. The first kappa shape index (κ1) is 9.05. The minimum Gasteiger partial charge on any atom is -0.0845 e. The first-order chi connectivity index (χ1) is 6.00. The lowest BCUT2D eigenvalue weighted by Crippen LogP contribution is -1.72. The Morgan fingerprint density at radius 1 is 0.833 bits per heavy atom. The van der Waals surface area contributed by atoms with Crippen LogP contribution < -0.4 is 0 Å². The van der Waals surface area contributed by atoms with Gasteiger partial charge in [0, 0.05) is 0 Å². The topological polar surface area (TPSA) is 0 Å². The Kier molecular flexibility index (Phi) is 5.02. The van der Waals surface area contributed by atoms with Gasteiger partial charge in [-0.05, 0) is 31.8 Å². The molecule has 1 aliphatic carbocycles. The minimum atomic E-state index is 1.18. The third-order valence-electron chi connectivity index (χ3n) is 1.76. The lowest BCUT2D eigenvalue weighted by molar-refractivity contribution is 0.762. The second-order valence-corrected chi connectivity index (χ2v) is 2.83. The van der Waals surface area contributed by atoms with Gasteiger partial charge in [-0.3, -0.25) is 0 Å². The van der Waals surface area contributed by atoms with Gasteiger partial charge in [0.2, 0.25) is 0 Å². The lowest BCUT2D eigenvalue weighted by Gasteiger charge is -1.92. The molecular weight excluding hydrogens is 144 g/mol. The number of hydrogen-bond donors (Lipinski definition) is 0. The summed E-state index contributed by atoms with van der Waals surface area (Å²) < 4.78 is 0. The molecule has 0 unspecified atom stereocenters. The quantitative estimate of drug-likeness (QED) is 0.506. The molecule has 0 amide bonds. The average Bonchev–Trinajstić information content (AvgIpc) is 2.05. The van der Waals surface area contributed by atoms with E-state index < -0.39 is 0 Å². The van der Waals surface area contributed by atoms with Gasteiger partial charge in [-0.1, -0.05) is 42.5 Å². The van der Waals surface area contributed by atoms with E-state index in [0.717, 1.165) is 0 Å². The van der Waals surface area contributed by atoms with Crippen LogP contribution in [0.5, 0.6) is 0 Å². The highest BCUT2D eigenvalue weighted by atomic mass is 13.9. The van der Waals surface area contributed by atoms with E-state index in [1.54, 1.807) is 0 Å². The van der Waals surface area contributed by atoms with Crippen LogP contribution in [0.4, 0.5) is 0 Å². The van der Waals surface area contributed by atoms with Gasteiger partial charge >= 0.3 is 0 Å². The fraction of sp³-hybridized carbons (Fsp3) is 0.333. The first-order valence-corrected chi connectivity index (χ1v) is 4.56. The van der Waals surface area contributed by atoms with Crippen molar-refractivity contribution in [3.05, 3.63) is 48.6 Å². The van der Waals surface area contributed by atoms with Crippen LogP contribution in [0.3, 0.4) is 0 Å². The van der Waals surface area contributed by atoms with Gasteiger partial charge in [-0.15, -0.1) is 0 Å². The summed E-state index contributed by atoms with van der Waals surface area (Å²) in [6.45, 7) is 0. The van der Waals surface area contributed by atoms with Gasteiger partial charge in [0.15, 0.2) is 0 Å². The summed E-state index contributed by atoms with van der Waals surface area (Å²) in [5, 5.41) is 0. The van der Waals surface area contributed by atoms with E-state index in [1.807, 2.05) is 24.3 Å². The van der Waals surface area contributed by atoms with E-state index in [2.05, 4.69) is 24.3 Å². The molecule has 0 saturated heterocycles. The molecule has 0 bridgehead atoms. The van der Waals surface area contributed by atoms with Crippen molar-refractivity contribution in [1.29, 1.82) is 0 Å². The number of allylic oxidation sites excluding steroid dienone is 8. The largest absolute Gasteiger partial charge is 0.0845 e. The summed E-state index contributed by atoms with van der Waals surface area (Å²) in [7, 11) is 0. The zero-order chi connectivity index (χ0) is 8.49. The van der Waals surface area contributed by atoms with Gasteiger partial charge in [0.1, 0.15) is 0 Å². The van der Waals surface area contributed by atoms with Crippen molar-refractivity contribution in [3.63, 3.8) is 0 Å². The molecule has 0 aromatic carbocycles. The maximum atomic E-state index is 3.08. The molecule has 0 N–H and O–H groups in total. The van der Waals surface area contributed by atoms with E-state index in [9.17, 15) is 0 Å². The van der Waals surface area contributed by atoms with Crippen molar-refractivity contribution < 1.29 is 0 Å². The summed E-state index contributed by atoms with van der Waals surface area (Å²) in [5.41, 5.74) is 0. The molecule has 0 spiro atoms. The molecule has 0 aliphatic heterocycles. The first-order valence-electron chi connectivity index (χ1n) is 4.56. The van der Waals surface area contributed by atoms with Crippen LogP contribution >= 0.6 is 0 Å². The van der Waals surface area contributed by atoms with Crippen molar-refractivity contribution in [1.82, 2.24) is 0 Å². The van der Waals surface area contributed by atoms with Crippen molar-refractivity contribution in [2.45, 2.75) is 25.7 Å². The maximum Gasteiger partial charge on any atom is -0.0187 e. The van der Waals surface area contributed by atoms with Crippen molar-refractivity contribution in [2.24, 2.45) is 0 Å². The van der Waals surface area contributed by atoms with Gasteiger partial charge < -0.3 is 0 Å². The Morgan fingerprint density at radius 3 is 2.58 bits per heavy atom. The van der Waals surface area contributed by atoms with Gasteiger partial charge in [0.25, 0.3) is 0 Å². The van der Waals surface area contributed by atoms with Crippen LogP contribution in [0.2, 0.25) is 0 Å². The van der Waals surface area contributed by atoms with Crippen LogP contribution in [-0.4, -0.2) is 0 Å². The van der Waals surface area contributed by atoms with Gasteiger partial charge in [-0.25, -0.2) is 0 Å². The normalized spacial score (nSPS) is 29.3. The zero-order valence-electron chi connectivity index (χ0n) is 7.37. The Morgan fingerprint density at radius 2 is 1.67 bits per heavy atom. The van der Waals surface area contributed by atoms with E-state index in [4.69, 9.17) is 0 Å². The minimum absolute atomic E-state index is 1.18. The molecule has 0 heterocycles. The summed E-state index contributed by atoms with van der Waals surface area (Å²) >= 11 is 0. The van der Waals surface area contributed by atoms with E-state index >= 15 is 0 Å². The fourth-order valence-electron chi connectivity index (χ4n) is 1.08. The third-order valence-corrected chi connectivity index (χ3v) is 1.76. The van der Waals surface area contributed by atoms with Crippen LogP contribution in [0.1, 0.15) is 25.7 Å². The van der Waals surface area contributed by atoms with Crippen molar-refractivity contribution in [2.75, 3.05) is 0 Å². The molecule has 0 nitrogen and oxygen atoms in total. The summed E-state index contributed by atoms with van der Waals surface area (Å²) in [5.74, 6) is 0. The lowest BCUT2D eigenvalue weighted by atomic mass is 10.1. The summed E-state index contributed by atoms with van der Waals surface area (Å²) in [6.07, 6.45) is 22.5. The summed E-state index contributed by atoms with van der Waals surface area (Å²) in [4.78, 5) is 0. The second-order valence-electron chi connectivity index (χ2n) is 2.83. The molecule has 0 heteroatoms. The molecule has 0 aromatic heterocycles. The average molecular weight is 159 g/mol. The third kappa shape index (κ3) is 4.73. The smallest absolute Gasteiger partial charge is 0.0187 e. The Balaban J connectivity index is 2.43. The number of rotatable bonds is 0. The standard InChI is InChI=1S/C12H15/c1-2-4-6-8-10-12-11-9-7-5-3-1/h1-5,9,11H,6,8,10,12H2/b3-1+,4-2-,7-5?,11-9+. The Bertz CT molecular complexity index is 180. The molecule has 63 valence electrons. The van der Waals surface area contributed by atoms with Gasteiger partial charge in [-0.2, -0.15) is 0 Å². The Hall–Kier alpha value is -1.04. The maximum absolute atomic E-state index is 3.08. The van der Waals surface area contributed by atoms with Crippen molar-refractivity contribution in [3.8, 4) is 0 Å². The highest BCUT2D eigenvalue weighted by molar-refractivity contribution is 5.12. The molecular formula is C12H15. The highest BCUT2D eigenvalue weighted by Gasteiger charge is 1.82. The van der Waals surface area contributed by atoms with Gasteiger partial charge in [0.05, 0.1) is 0 Å². The molecule has 0 atom stereocenters. The van der Waals surface area contributed by atoms with E-state index in [1.165, 1.54) is 25.7 Å². The number of hydrogen-bond acceptors (Lipinski definition) is 0. The highest BCUT2D eigenvalue weighted by Crippen LogP contribution is 2.02. The van der Waals surface area contributed by atoms with E-state index in [0.29, 0.717) is 0 Å². The monoisotopic (exact) mass is 159 g/mol. The second kappa shape index (κ2) is 6.66. The predicted molar refractivity (Wildman–Crippen MR) is 53.7 cm³/mol. The molecule has 0 fully saturated rings. The molecule has 1 radical (unpaired) electrons. The van der Waals surface area contributed by atoms with Crippen molar-refractivity contribution >= 4 is 0 Å². The predicted octanol–water partition coefficient (Wildman–Crippen LogP) is 3.59. The molecule has 0 aromatic rings. The fourth-order valence-corrected chi connectivity index (χ4v) is 1.08. The molecule has 1 aliphatic rings. The van der Waals surface area contributed by atoms with Crippen LogP contribution in [0.25, 0.3) is 0 Å². The van der Waals surface area contributed by atoms with Crippen LogP contribution in [0.15, 0.2) is 42.5 Å². The molecule has 1 rings (SSSR count). The van der Waals surface area contributed by atoms with Crippen LogP contribution in [0, 0.1) is 6.08 Å².